The number of hydrogen-bond acceptors (Lipinski definition) is 9. The lowest BCUT2D eigenvalue weighted by Crippen LogP contribution is -2.10. The van der Waals surface area contributed by atoms with E-state index in [1.165, 1.54) is 25.4 Å². The van der Waals surface area contributed by atoms with E-state index in [9.17, 15) is 25.0 Å². The van der Waals surface area contributed by atoms with Gasteiger partial charge in [-0.2, -0.15) is 0 Å². The number of benzene rings is 3. The molecule has 34 heavy (non-hydrogen) atoms. The minimum absolute atomic E-state index is 0.125. The quantitative estimate of drug-likeness (QED) is 0.150. The third-order valence-electron chi connectivity index (χ3n) is 4.89. The lowest BCUT2D eigenvalue weighted by molar-refractivity contribution is -0.395. The first kappa shape index (κ1) is 22.7. The monoisotopic (exact) mass is 523 g/mol. The highest BCUT2D eigenvalue weighted by molar-refractivity contribution is 9.10. The number of aromatic nitrogens is 2. The van der Waals surface area contributed by atoms with Crippen LogP contribution in [0.1, 0.15) is 15.9 Å². The molecular formula is C22H14BrN5O6. The number of esters is 1. The van der Waals surface area contributed by atoms with Crippen LogP contribution in [0.5, 0.6) is 5.75 Å². The summed E-state index contributed by atoms with van der Waals surface area (Å²) in [7, 11) is 0. The summed E-state index contributed by atoms with van der Waals surface area (Å²) in [6.45, 7) is 1.25. The molecule has 1 heterocycles. The molecule has 170 valence electrons. The van der Waals surface area contributed by atoms with Gasteiger partial charge in [0.1, 0.15) is 23.5 Å². The highest BCUT2D eigenvalue weighted by atomic mass is 79.9. The summed E-state index contributed by atoms with van der Waals surface area (Å²) in [5, 5.41) is 26.4. The smallest absolute Gasteiger partial charge is 0.344 e. The summed E-state index contributed by atoms with van der Waals surface area (Å²) in [5.41, 5.74) is -0.274. The molecule has 12 heteroatoms. The molecule has 0 fully saturated rings. The summed E-state index contributed by atoms with van der Waals surface area (Å²) in [6, 6.07) is 13.9. The highest BCUT2D eigenvalue weighted by Crippen LogP contribution is 2.31. The van der Waals surface area contributed by atoms with Gasteiger partial charge in [-0.05, 0) is 37.3 Å². The third kappa shape index (κ3) is 4.66. The van der Waals surface area contributed by atoms with Crippen LogP contribution >= 0.6 is 15.9 Å². The molecule has 0 unspecified atom stereocenters. The Balaban J connectivity index is 1.61. The Kier molecular flexibility index (Phi) is 6.15. The average Bonchev–Trinajstić information content (AvgIpc) is 2.79. The van der Waals surface area contributed by atoms with Gasteiger partial charge in [-0.1, -0.05) is 22.0 Å². The van der Waals surface area contributed by atoms with Crippen LogP contribution in [0, 0.1) is 27.2 Å². The minimum atomic E-state index is -0.972. The van der Waals surface area contributed by atoms with Gasteiger partial charge in [0, 0.05) is 33.7 Å². The lowest BCUT2D eigenvalue weighted by Gasteiger charge is -2.10. The fourth-order valence-electron chi connectivity index (χ4n) is 3.25. The van der Waals surface area contributed by atoms with E-state index in [1.54, 1.807) is 12.1 Å². The van der Waals surface area contributed by atoms with Crippen molar-refractivity contribution in [3.8, 4) is 5.75 Å². The molecule has 0 saturated heterocycles. The van der Waals surface area contributed by atoms with Gasteiger partial charge in [-0.15, -0.1) is 0 Å². The number of rotatable bonds is 6. The molecule has 11 nitrogen and oxygen atoms in total. The van der Waals surface area contributed by atoms with E-state index in [-0.39, 0.29) is 16.9 Å². The molecule has 0 aliphatic rings. The molecule has 4 aromatic rings. The number of carbonyl (C=O) groups is 1. The first-order chi connectivity index (χ1) is 16.2. The van der Waals surface area contributed by atoms with Crippen LogP contribution in [0.2, 0.25) is 0 Å². The number of halogens is 1. The second kappa shape index (κ2) is 9.19. The second-order valence-corrected chi connectivity index (χ2v) is 8.00. The molecular weight excluding hydrogens is 510 g/mol. The standard InChI is InChI=1S/C22H14BrN5O6/c1-12-19(27(30)31)7-13(8-20(12)28(32)33)22(29)34-16-4-2-3-15(10-16)26-21-17-9-14(23)5-6-18(17)24-11-25-21/h2-11H,1H3,(H,24,25,26). The van der Waals surface area contributed by atoms with Crippen LogP contribution in [0.25, 0.3) is 10.9 Å². The fourth-order valence-corrected chi connectivity index (χ4v) is 3.61. The molecule has 1 N–H and O–H groups in total. The molecule has 0 spiro atoms. The van der Waals surface area contributed by atoms with Crippen LogP contribution in [-0.2, 0) is 0 Å². The Labute approximate surface area is 199 Å². The van der Waals surface area contributed by atoms with Crippen molar-refractivity contribution in [3.05, 3.63) is 96.8 Å². The number of carbonyl (C=O) groups excluding carboxylic acids is 1. The van der Waals surface area contributed by atoms with Crippen molar-refractivity contribution in [3.63, 3.8) is 0 Å². The Morgan fingerprint density at radius 3 is 2.38 bits per heavy atom. The number of nitro groups is 2. The number of nitrogens with zero attached hydrogens (tertiary/aromatic N) is 4. The molecule has 3 aromatic carbocycles. The van der Waals surface area contributed by atoms with Crippen molar-refractivity contribution in [1.29, 1.82) is 0 Å². The van der Waals surface area contributed by atoms with E-state index in [1.807, 2.05) is 18.2 Å². The van der Waals surface area contributed by atoms with Crippen LogP contribution in [0.15, 0.2) is 65.4 Å². The molecule has 0 aliphatic heterocycles. The largest absolute Gasteiger partial charge is 0.423 e. The first-order valence-corrected chi connectivity index (χ1v) is 10.4. The number of ether oxygens (including phenoxy) is 1. The van der Waals surface area contributed by atoms with E-state index < -0.39 is 27.2 Å². The topological polar surface area (TPSA) is 150 Å². The number of fused-ring (bicyclic) bond motifs is 1. The predicted octanol–water partition coefficient (Wildman–Crippen LogP) is 5.48. The SMILES string of the molecule is Cc1c([N+](=O)[O-])cc(C(=O)Oc2cccc(Nc3ncnc4ccc(Br)cc34)c2)cc1[N+](=O)[O-]. The number of hydrogen-bond donors (Lipinski definition) is 1. The maximum absolute atomic E-state index is 12.6. The van der Waals surface area contributed by atoms with Gasteiger partial charge in [0.25, 0.3) is 11.4 Å². The molecule has 0 amide bonds. The fraction of sp³-hybridized carbons (Fsp3) is 0.0455. The van der Waals surface area contributed by atoms with Crippen molar-refractivity contribution in [1.82, 2.24) is 9.97 Å². The van der Waals surface area contributed by atoms with Crippen LogP contribution in [0.4, 0.5) is 22.9 Å². The van der Waals surface area contributed by atoms with Gasteiger partial charge in [-0.3, -0.25) is 20.2 Å². The Bertz CT molecular complexity index is 1440. The normalized spacial score (nSPS) is 10.6. The molecule has 4 rings (SSSR count). The van der Waals surface area contributed by atoms with Gasteiger partial charge >= 0.3 is 5.97 Å². The summed E-state index contributed by atoms with van der Waals surface area (Å²) >= 11 is 3.42. The Hall–Kier alpha value is -4.45. The zero-order chi connectivity index (χ0) is 24.4. The van der Waals surface area contributed by atoms with Gasteiger partial charge in [0.2, 0.25) is 0 Å². The van der Waals surface area contributed by atoms with Gasteiger partial charge in [0.15, 0.2) is 0 Å². The lowest BCUT2D eigenvalue weighted by atomic mass is 10.1. The van der Waals surface area contributed by atoms with E-state index in [0.29, 0.717) is 11.5 Å². The van der Waals surface area contributed by atoms with Gasteiger partial charge < -0.3 is 10.1 Å². The van der Waals surface area contributed by atoms with Crippen LogP contribution < -0.4 is 10.1 Å². The summed E-state index contributed by atoms with van der Waals surface area (Å²) in [6.07, 6.45) is 1.42. The van der Waals surface area contributed by atoms with E-state index >= 15 is 0 Å². The van der Waals surface area contributed by atoms with E-state index in [2.05, 4.69) is 31.2 Å². The number of nitrogens with one attached hydrogen (secondary N) is 1. The van der Waals surface area contributed by atoms with Crippen molar-refractivity contribution < 1.29 is 19.4 Å². The molecule has 0 aliphatic carbocycles. The van der Waals surface area contributed by atoms with Crippen LogP contribution in [0.3, 0.4) is 0 Å². The molecule has 0 radical (unpaired) electrons. The molecule has 0 saturated carbocycles. The molecule has 0 bridgehead atoms. The zero-order valence-electron chi connectivity index (χ0n) is 17.4. The molecule has 1 aromatic heterocycles. The Morgan fingerprint density at radius 2 is 1.71 bits per heavy atom. The maximum atomic E-state index is 12.6. The third-order valence-corrected chi connectivity index (χ3v) is 5.38. The zero-order valence-corrected chi connectivity index (χ0v) is 19.0. The second-order valence-electron chi connectivity index (χ2n) is 7.08. The maximum Gasteiger partial charge on any atom is 0.344 e. The van der Waals surface area contributed by atoms with Crippen molar-refractivity contribution in [2.24, 2.45) is 0 Å². The van der Waals surface area contributed by atoms with E-state index in [0.717, 1.165) is 27.5 Å². The van der Waals surface area contributed by atoms with E-state index in [4.69, 9.17) is 4.74 Å². The summed E-state index contributed by atoms with van der Waals surface area (Å²) < 4.78 is 6.18. The van der Waals surface area contributed by atoms with Gasteiger partial charge in [-0.25, -0.2) is 14.8 Å². The predicted molar refractivity (Wildman–Crippen MR) is 126 cm³/mol. The highest BCUT2D eigenvalue weighted by Gasteiger charge is 2.26. The van der Waals surface area contributed by atoms with Crippen molar-refractivity contribution in [2.75, 3.05) is 5.32 Å². The number of anilines is 2. The Morgan fingerprint density at radius 1 is 1.00 bits per heavy atom. The minimum Gasteiger partial charge on any atom is -0.423 e. The summed E-state index contributed by atoms with van der Waals surface area (Å²) in [5.74, 6) is -0.320. The molecule has 0 atom stereocenters. The summed E-state index contributed by atoms with van der Waals surface area (Å²) in [4.78, 5) is 42.1. The van der Waals surface area contributed by atoms with Gasteiger partial charge in [0.05, 0.1) is 20.9 Å². The number of nitro benzene ring substituents is 2. The van der Waals surface area contributed by atoms with Crippen molar-refractivity contribution >= 4 is 55.7 Å². The van der Waals surface area contributed by atoms with Crippen molar-refractivity contribution in [2.45, 2.75) is 6.92 Å². The van der Waals surface area contributed by atoms with Crippen LogP contribution in [-0.4, -0.2) is 25.8 Å². The average molecular weight is 524 g/mol. The first-order valence-electron chi connectivity index (χ1n) is 9.66.